The Bertz CT molecular complexity index is 2680. The zero-order chi connectivity index (χ0) is 32.3. The van der Waals surface area contributed by atoms with Crippen LogP contribution in [0.5, 0.6) is 5.75 Å². The molecule has 4 nitrogen and oxygen atoms in total. The maximum Gasteiger partial charge on any atom is 0.198 e. The van der Waals surface area contributed by atoms with Gasteiger partial charge in [-0.25, -0.2) is 0 Å². The Morgan fingerprint density at radius 2 is 1.16 bits per heavy atom. The summed E-state index contributed by atoms with van der Waals surface area (Å²) in [5.74, 6) is 0.895. The van der Waals surface area contributed by atoms with Gasteiger partial charge in [-0.3, -0.25) is 0 Å². The quantitative estimate of drug-likeness (QED) is 0.192. The van der Waals surface area contributed by atoms with Gasteiger partial charge in [0, 0.05) is 33.1 Å². The molecule has 2 heterocycles. The Labute approximate surface area is 283 Å². The van der Waals surface area contributed by atoms with Crippen molar-refractivity contribution < 1.29 is 9.15 Å². The average Bonchev–Trinajstić information content (AvgIpc) is 3.77. The van der Waals surface area contributed by atoms with Crippen molar-refractivity contribution in [1.29, 1.82) is 0 Å². The van der Waals surface area contributed by atoms with Crippen molar-refractivity contribution in [1.82, 2.24) is 0 Å². The number of hydrogen-bond donors (Lipinski definition) is 1. The van der Waals surface area contributed by atoms with Crippen LogP contribution in [0.15, 0.2) is 174 Å². The van der Waals surface area contributed by atoms with E-state index in [1.807, 2.05) is 12.1 Å². The van der Waals surface area contributed by atoms with Crippen molar-refractivity contribution in [3.8, 4) is 16.9 Å². The predicted molar refractivity (Wildman–Crippen MR) is 202 cm³/mol. The van der Waals surface area contributed by atoms with Gasteiger partial charge in [0.1, 0.15) is 11.2 Å². The normalized spacial score (nSPS) is 13.8. The molecule has 9 aromatic rings. The summed E-state index contributed by atoms with van der Waals surface area (Å²) >= 11 is 0. The first-order chi connectivity index (χ1) is 24.3. The largest absolute Gasteiger partial charge is 0.464 e. The van der Waals surface area contributed by atoms with Gasteiger partial charge >= 0.3 is 0 Å². The standard InChI is InChI=1S/C45H30N2O2/c1-2-11-33(12-3-1)47(34-24-20-29(21-25-34)32-23-27-42-38(28-32)36-14-7-9-17-41(36)48-42)40-16-8-6-15-37(40)45-46-39-26-22-31-19-18-30-10-4-5-13-35(30)43(31)44(39)49-45/h1-28,45-46H. The van der Waals surface area contributed by atoms with E-state index in [0.717, 1.165) is 72.5 Å². The molecular formula is C45H30N2O2. The Balaban J connectivity index is 1.05. The molecule has 1 atom stereocenters. The van der Waals surface area contributed by atoms with Crippen LogP contribution in [0.1, 0.15) is 11.8 Å². The van der Waals surface area contributed by atoms with Crippen LogP contribution < -0.4 is 15.0 Å². The van der Waals surface area contributed by atoms with E-state index in [9.17, 15) is 0 Å². The Morgan fingerprint density at radius 1 is 0.490 bits per heavy atom. The molecule has 49 heavy (non-hydrogen) atoms. The van der Waals surface area contributed by atoms with E-state index in [-0.39, 0.29) is 6.23 Å². The van der Waals surface area contributed by atoms with Crippen molar-refractivity contribution in [3.63, 3.8) is 0 Å². The van der Waals surface area contributed by atoms with E-state index < -0.39 is 0 Å². The Morgan fingerprint density at radius 3 is 2.06 bits per heavy atom. The summed E-state index contributed by atoms with van der Waals surface area (Å²) in [7, 11) is 0. The first kappa shape index (κ1) is 27.6. The maximum absolute atomic E-state index is 6.87. The Kier molecular flexibility index (Phi) is 6.21. The molecule has 10 rings (SSSR count). The molecule has 1 unspecified atom stereocenters. The van der Waals surface area contributed by atoms with Gasteiger partial charge < -0.3 is 19.4 Å². The molecule has 1 N–H and O–H groups in total. The topological polar surface area (TPSA) is 37.6 Å². The van der Waals surface area contributed by atoms with Gasteiger partial charge in [-0.05, 0) is 81.9 Å². The van der Waals surface area contributed by atoms with Crippen LogP contribution in [0, 0.1) is 0 Å². The van der Waals surface area contributed by atoms with Gasteiger partial charge in [0.25, 0.3) is 0 Å². The van der Waals surface area contributed by atoms with Crippen molar-refractivity contribution >= 4 is 66.2 Å². The number of anilines is 4. The molecule has 232 valence electrons. The Hall–Kier alpha value is -6.52. The fourth-order valence-corrected chi connectivity index (χ4v) is 7.36. The minimum absolute atomic E-state index is 0.363. The molecule has 0 spiro atoms. The molecule has 0 aliphatic carbocycles. The molecule has 0 saturated heterocycles. The summed E-state index contributed by atoms with van der Waals surface area (Å²) in [4.78, 5) is 2.31. The van der Waals surface area contributed by atoms with Crippen molar-refractivity contribution in [2.75, 3.05) is 10.2 Å². The number of rotatable bonds is 5. The van der Waals surface area contributed by atoms with Crippen LogP contribution in [0.4, 0.5) is 22.7 Å². The number of nitrogens with one attached hydrogen (secondary N) is 1. The lowest BCUT2D eigenvalue weighted by Crippen LogP contribution is -2.17. The van der Waals surface area contributed by atoms with E-state index in [4.69, 9.17) is 9.15 Å². The minimum atomic E-state index is -0.363. The first-order valence-electron chi connectivity index (χ1n) is 16.6. The van der Waals surface area contributed by atoms with Gasteiger partial charge in [-0.2, -0.15) is 0 Å². The van der Waals surface area contributed by atoms with Gasteiger partial charge in [-0.1, -0.05) is 115 Å². The minimum Gasteiger partial charge on any atom is -0.464 e. The third-order valence-corrected chi connectivity index (χ3v) is 9.69. The molecule has 1 aromatic heterocycles. The second-order valence-electron chi connectivity index (χ2n) is 12.6. The molecule has 8 aromatic carbocycles. The highest BCUT2D eigenvalue weighted by atomic mass is 16.5. The van der Waals surface area contributed by atoms with Crippen LogP contribution in [0.25, 0.3) is 54.6 Å². The number of ether oxygens (including phenoxy) is 1. The lowest BCUT2D eigenvalue weighted by Gasteiger charge is -2.29. The summed E-state index contributed by atoms with van der Waals surface area (Å²) in [5, 5.41) is 10.7. The van der Waals surface area contributed by atoms with E-state index in [1.54, 1.807) is 0 Å². The van der Waals surface area contributed by atoms with Gasteiger partial charge in [0.2, 0.25) is 0 Å². The van der Waals surface area contributed by atoms with Crippen LogP contribution in [0.3, 0.4) is 0 Å². The van der Waals surface area contributed by atoms with Crippen LogP contribution in [0.2, 0.25) is 0 Å². The summed E-state index contributed by atoms with van der Waals surface area (Å²) in [6, 6.07) is 59.7. The molecule has 0 radical (unpaired) electrons. The van der Waals surface area contributed by atoms with E-state index in [2.05, 4.69) is 168 Å². The molecular weight excluding hydrogens is 601 g/mol. The summed E-state index contributed by atoms with van der Waals surface area (Å²) in [6.07, 6.45) is -0.363. The van der Waals surface area contributed by atoms with Crippen molar-refractivity contribution in [2.45, 2.75) is 6.23 Å². The highest BCUT2D eigenvalue weighted by molar-refractivity contribution is 6.13. The smallest absolute Gasteiger partial charge is 0.198 e. The van der Waals surface area contributed by atoms with Crippen LogP contribution in [-0.2, 0) is 0 Å². The zero-order valence-electron chi connectivity index (χ0n) is 26.5. The van der Waals surface area contributed by atoms with E-state index >= 15 is 0 Å². The molecule has 0 bridgehead atoms. The number of para-hydroxylation sites is 3. The number of furan rings is 1. The molecule has 1 aliphatic heterocycles. The van der Waals surface area contributed by atoms with E-state index in [0.29, 0.717) is 0 Å². The maximum atomic E-state index is 6.87. The lowest BCUT2D eigenvalue weighted by molar-refractivity contribution is 0.263. The summed E-state index contributed by atoms with van der Waals surface area (Å²) < 4.78 is 13.0. The molecule has 0 fully saturated rings. The highest BCUT2D eigenvalue weighted by Gasteiger charge is 2.29. The molecule has 1 aliphatic rings. The first-order valence-corrected chi connectivity index (χ1v) is 16.6. The fraction of sp³-hybridized carbons (Fsp3) is 0.0222. The van der Waals surface area contributed by atoms with Gasteiger partial charge in [0.05, 0.1) is 11.4 Å². The third-order valence-electron chi connectivity index (χ3n) is 9.69. The average molecular weight is 631 g/mol. The SMILES string of the molecule is c1ccc(N(c2ccc(-c3ccc4oc5ccccc5c4c3)cc2)c2ccccc2C2Nc3ccc4ccc5ccccc5c4c3O2)cc1. The number of fused-ring (bicyclic) bond motifs is 8. The van der Waals surface area contributed by atoms with Gasteiger partial charge in [-0.15, -0.1) is 0 Å². The van der Waals surface area contributed by atoms with Crippen LogP contribution in [-0.4, -0.2) is 0 Å². The lowest BCUT2D eigenvalue weighted by atomic mass is 10.0. The highest BCUT2D eigenvalue weighted by Crippen LogP contribution is 2.48. The second kappa shape index (κ2) is 11.0. The number of hydrogen-bond acceptors (Lipinski definition) is 4. The van der Waals surface area contributed by atoms with Crippen molar-refractivity contribution in [3.05, 3.63) is 175 Å². The number of benzene rings is 8. The monoisotopic (exact) mass is 630 g/mol. The fourth-order valence-electron chi connectivity index (χ4n) is 7.36. The molecule has 0 saturated carbocycles. The predicted octanol–water partition coefficient (Wildman–Crippen LogP) is 12.5. The third kappa shape index (κ3) is 4.53. The summed E-state index contributed by atoms with van der Waals surface area (Å²) in [6.45, 7) is 0. The summed E-state index contributed by atoms with van der Waals surface area (Å²) in [5.41, 5.74) is 9.34. The second-order valence-corrected chi connectivity index (χ2v) is 12.6. The van der Waals surface area contributed by atoms with E-state index in [1.165, 1.54) is 16.2 Å². The van der Waals surface area contributed by atoms with Crippen molar-refractivity contribution in [2.24, 2.45) is 0 Å². The molecule has 4 heteroatoms. The zero-order valence-corrected chi connectivity index (χ0v) is 26.5. The number of nitrogens with zero attached hydrogens (tertiary/aromatic N) is 1. The van der Waals surface area contributed by atoms with Crippen LogP contribution >= 0.6 is 0 Å². The van der Waals surface area contributed by atoms with Gasteiger partial charge in [0.15, 0.2) is 12.0 Å². The molecule has 0 amide bonds.